The van der Waals surface area contributed by atoms with Crippen LogP contribution in [0.3, 0.4) is 0 Å². The quantitative estimate of drug-likeness (QED) is 0.273. The van der Waals surface area contributed by atoms with Crippen molar-refractivity contribution in [2.24, 2.45) is 0 Å². The molecule has 212 valence electrons. The maximum absolute atomic E-state index is 14.9. The number of nitrogens with zero attached hydrogens (tertiary/aromatic N) is 3. The van der Waals surface area contributed by atoms with E-state index in [9.17, 15) is 13.6 Å². The summed E-state index contributed by atoms with van der Waals surface area (Å²) < 4.78 is 50.8. The van der Waals surface area contributed by atoms with Gasteiger partial charge in [-0.3, -0.25) is 9.69 Å². The Morgan fingerprint density at radius 3 is 2.67 bits per heavy atom. The Kier molecular flexibility index (Phi) is 9.02. The molecule has 1 aromatic heterocycles. The van der Waals surface area contributed by atoms with Crippen molar-refractivity contribution in [1.29, 1.82) is 0 Å². The summed E-state index contributed by atoms with van der Waals surface area (Å²) in [6.07, 6.45) is 2.49. The van der Waals surface area contributed by atoms with Crippen molar-refractivity contribution in [3.05, 3.63) is 59.4 Å². The molecule has 2 aromatic carbocycles. The van der Waals surface area contributed by atoms with Gasteiger partial charge >= 0.3 is 0 Å². The number of benzene rings is 2. The highest BCUT2D eigenvalue weighted by Crippen LogP contribution is 2.34. The number of rotatable bonds is 10. The van der Waals surface area contributed by atoms with Gasteiger partial charge in [0.15, 0.2) is 5.83 Å². The number of carbonyl (C=O) groups excluding carboxylic acids is 1. The van der Waals surface area contributed by atoms with Gasteiger partial charge in [0.05, 0.1) is 48.3 Å². The number of ether oxygens (including phenoxy) is 4. The molecule has 1 amide bonds. The third-order valence-corrected chi connectivity index (χ3v) is 6.79. The lowest BCUT2D eigenvalue weighted by atomic mass is 10.1. The van der Waals surface area contributed by atoms with E-state index in [1.807, 2.05) is 4.90 Å². The van der Waals surface area contributed by atoms with Crippen LogP contribution in [0.5, 0.6) is 5.75 Å². The van der Waals surface area contributed by atoms with E-state index in [1.54, 1.807) is 12.1 Å². The molecule has 2 unspecified atom stereocenters. The van der Waals surface area contributed by atoms with Gasteiger partial charge in [-0.25, -0.2) is 18.7 Å². The average Bonchev–Trinajstić information content (AvgIpc) is 3.37. The van der Waals surface area contributed by atoms with Gasteiger partial charge in [-0.2, -0.15) is 0 Å². The minimum Gasteiger partial charge on any atom is -0.489 e. The number of halogens is 3. The van der Waals surface area contributed by atoms with Gasteiger partial charge < -0.3 is 29.6 Å². The number of hydrogen-bond acceptors (Lipinski definition) is 9. The molecule has 0 radical (unpaired) electrons. The molecule has 0 aliphatic carbocycles. The molecular weight excluding hydrogens is 548 g/mol. The molecule has 3 aromatic rings. The average molecular weight is 576 g/mol. The lowest BCUT2D eigenvalue weighted by molar-refractivity contribution is -0.116. The lowest BCUT2D eigenvalue weighted by Crippen LogP contribution is -2.36. The Balaban J connectivity index is 1.36. The Morgan fingerprint density at radius 2 is 1.95 bits per heavy atom. The number of anilines is 3. The molecule has 2 aliphatic heterocycles. The third kappa shape index (κ3) is 6.65. The predicted molar refractivity (Wildman–Crippen MR) is 145 cm³/mol. The number of carbonyl (C=O) groups is 1. The number of nitrogens with one attached hydrogen (secondary N) is 2. The maximum Gasteiger partial charge on any atom is 0.284 e. The first-order chi connectivity index (χ1) is 19.4. The van der Waals surface area contributed by atoms with Crippen LogP contribution in [0.4, 0.5) is 26.0 Å². The van der Waals surface area contributed by atoms with Gasteiger partial charge in [0, 0.05) is 43.9 Å². The van der Waals surface area contributed by atoms with Crippen LogP contribution < -0.4 is 15.4 Å². The number of fused-ring (bicyclic) bond motifs is 2. The predicted octanol–water partition coefficient (Wildman–Crippen LogP) is 4.08. The van der Waals surface area contributed by atoms with Crippen LogP contribution >= 0.6 is 11.6 Å². The molecule has 3 heterocycles. The van der Waals surface area contributed by atoms with Crippen LogP contribution in [0, 0.1) is 5.82 Å². The number of aromatic nitrogens is 2. The minimum absolute atomic E-state index is 0.0422. The second kappa shape index (κ2) is 12.8. The summed E-state index contributed by atoms with van der Waals surface area (Å²) in [6, 6.07) is 7.35. The number of hydrogen-bond donors (Lipinski definition) is 2. The monoisotopic (exact) mass is 575 g/mol. The maximum atomic E-state index is 14.9. The molecule has 0 saturated carbocycles. The molecule has 2 saturated heterocycles. The molecule has 0 spiro atoms. The summed E-state index contributed by atoms with van der Waals surface area (Å²) in [4.78, 5) is 23.4. The Labute approximate surface area is 234 Å². The zero-order chi connectivity index (χ0) is 28.1. The van der Waals surface area contributed by atoms with E-state index in [1.165, 1.54) is 37.7 Å². The zero-order valence-electron chi connectivity index (χ0n) is 21.7. The zero-order valence-corrected chi connectivity index (χ0v) is 22.4. The van der Waals surface area contributed by atoms with E-state index in [2.05, 4.69) is 20.6 Å². The van der Waals surface area contributed by atoms with E-state index in [0.717, 1.165) is 0 Å². The number of amides is 1. The third-order valence-electron chi connectivity index (χ3n) is 6.50. The highest BCUT2D eigenvalue weighted by molar-refractivity contribution is 6.31. The van der Waals surface area contributed by atoms with Crippen LogP contribution in [-0.2, 0) is 19.0 Å². The van der Waals surface area contributed by atoms with Crippen molar-refractivity contribution < 1.29 is 32.5 Å². The molecule has 5 rings (SSSR count). The van der Waals surface area contributed by atoms with Crippen molar-refractivity contribution in [1.82, 2.24) is 14.9 Å². The highest BCUT2D eigenvalue weighted by atomic mass is 35.5. The van der Waals surface area contributed by atoms with Crippen LogP contribution in [0.2, 0.25) is 5.02 Å². The molecule has 40 heavy (non-hydrogen) atoms. The summed E-state index contributed by atoms with van der Waals surface area (Å²) in [7, 11) is 1.53. The molecule has 13 heteroatoms. The van der Waals surface area contributed by atoms with Crippen molar-refractivity contribution >= 4 is 45.6 Å². The SMILES string of the molecule is COCCOc1cc2ncnc(Nc3ccc(F)c(Cl)c3)c2cc1NC(=O)C(F)=CCN1CC2OCCOC2C1. The largest absolute Gasteiger partial charge is 0.489 e. The molecule has 10 nitrogen and oxygen atoms in total. The van der Waals surface area contributed by atoms with Gasteiger partial charge in [0.2, 0.25) is 0 Å². The Hall–Kier alpha value is -3.42. The van der Waals surface area contributed by atoms with Gasteiger partial charge in [-0.1, -0.05) is 11.6 Å². The molecule has 2 fully saturated rings. The van der Waals surface area contributed by atoms with E-state index in [-0.39, 0.29) is 41.8 Å². The van der Waals surface area contributed by atoms with Crippen molar-refractivity contribution in [3.63, 3.8) is 0 Å². The first-order valence-corrected chi connectivity index (χ1v) is 13.0. The van der Waals surface area contributed by atoms with E-state index in [4.69, 9.17) is 30.5 Å². The van der Waals surface area contributed by atoms with Crippen LogP contribution in [-0.4, -0.2) is 86.2 Å². The molecule has 2 aliphatic rings. The summed E-state index contributed by atoms with van der Waals surface area (Å²) >= 11 is 5.91. The molecule has 2 N–H and O–H groups in total. The van der Waals surface area contributed by atoms with Crippen LogP contribution in [0.15, 0.2) is 48.6 Å². The Morgan fingerprint density at radius 1 is 1.18 bits per heavy atom. The second-order valence-corrected chi connectivity index (χ2v) is 9.63. The smallest absolute Gasteiger partial charge is 0.284 e. The van der Waals surface area contributed by atoms with Crippen LogP contribution in [0.1, 0.15) is 0 Å². The van der Waals surface area contributed by atoms with E-state index >= 15 is 0 Å². The summed E-state index contributed by atoms with van der Waals surface area (Å²) in [5.41, 5.74) is 1.19. The molecule has 2 atom stereocenters. The second-order valence-electron chi connectivity index (χ2n) is 9.23. The van der Waals surface area contributed by atoms with E-state index in [0.29, 0.717) is 55.3 Å². The normalized spacial score (nSPS) is 19.4. The first kappa shape index (κ1) is 28.1. The van der Waals surface area contributed by atoms with Crippen molar-refractivity contribution in [2.75, 3.05) is 63.8 Å². The first-order valence-electron chi connectivity index (χ1n) is 12.7. The molecular formula is C27H28ClF2N5O5. The van der Waals surface area contributed by atoms with Crippen molar-refractivity contribution in [2.45, 2.75) is 12.2 Å². The van der Waals surface area contributed by atoms with E-state index < -0.39 is 17.6 Å². The molecule has 0 bridgehead atoms. The fraction of sp³-hybridized carbons (Fsp3) is 0.370. The van der Waals surface area contributed by atoms with Gasteiger partial charge in [0.25, 0.3) is 5.91 Å². The summed E-state index contributed by atoms with van der Waals surface area (Å²) in [6.45, 7) is 3.02. The fourth-order valence-electron chi connectivity index (χ4n) is 4.52. The van der Waals surface area contributed by atoms with Gasteiger partial charge in [0.1, 0.15) is 30.3 Å². The van der Waals surface area contributed by atoms with Crippen LogP contribution in [0.25, 0.3) is 10.9 Å². The summed E-state index contributed by atoms with van der Waals surface area (Å²) in [5.74, 6) is -1.79. The minimum atomic E-state index is -0.941. The summed E-state index contributed by atoms with van der Waals surface area (Å²) in [5, 5.41) is 6.11. The van der Waals surface area contributed by atoms with Crippen molar-refractivity contribution in [3.8, 4) is 5.75 Å². The number of likely N-dealkylation sites (tertiary alicyclic amines) is 1. The Bertz CT molecular complexity index is 1400. The fourth-order valence-corrected chi connectivity index (χ4v) is 4.70. The lowest BCUT2D eigenvalue weighted by Gasteiger charge is -2.24. The van der Waals surface area contributed by atoms with Gasteiger partial charge in [-0.15, -0.1) is 0 Å². The number of methoxy groups -OCH3 is 1. The standard InChI is InChI=1S/C27H28ClF2N5O5/c1-37-6-7-38-23-12-21-17(26(32-15-31-21)33-16-2-3-19(29)18(28)10-16)11-22(23)34-27(36)20(30)4-5-35-13-24-25(14-35)40-9-8-39-24/h2-4,10-12,15,24-25H,5-9,13-14H2,1H3,(H,34,36)(H,31,32,33). The van der Waals surface area contributed by atoms with Gasteiger partial charge in [-0.05, 0) is 30.3 Å². The highest BCUT2D eigenvalue weighted by Gasteiger charge is 2.36. The topological polar surface area (TPSA) is 107 Å².